The van der Waals surface area contributed by atoms with E-state index in [1.165, 1.54) is 0 Å². The van der Waals surface area contributed by atoms with Crippen molar-refractivity contribution in [3.8, 4) is 0 Å². The van der Waals surface area contributed by atoms with E-state index in [0.29, 0.717) is 39.5 Å². The third-order valence-electron chi connectivity index (χ3n) is 1.79. The zero-order valence-corrected chi connectivity index (χ0v) is 8.52. The zero-order valence-electron chi connectivity index (χ0n) is 8.52. The van der Waals surface area contributed by atoms with Gasteiger partial charge in [-0.3, -0.25) is 0 Å². The van der Waals surface area contributed by atoms with Gasteiger partial charge in [-0.15, -0.1) is 0 Å². The molecule has 1 rings (SSSR count). The summed E-state index contributed by atoms with van der Waals surface area (Å²) >= 11 is 0. The Labute approximate surface area is 88.1 Å². The van der Waals surface area contributed by atoms with Crippen molar-refractivity contribution in [2.45, 2.75) is 12.7 Å². The number of rotatable bonds is 8. The Kier molecular flexibility index (Phi) is 6.26. The summed E-state index contributed by atoms with van der Waals surface area (Å²) in [6.07, 6.45) is 0.545. The van der Waals surface area contributed by atoms with E-state index in [2.05, 4.69) is 0 Å². The topological polar surface area (TPSA) is 74.2 Å². The van der Waals surface area contributed by atoms with Gasteiger partial charge in [0.05, 0.1) is 33.0 Å². The highest BCUT2D eigenvalue weighted by atomic mass is 16.7. The lowest BCUT2D eigenvalue weighted by Crippen LogP contribution is -2.14. The second-order valence-electron chi connectivity index (χ2n) is 3.02. The largest absolute Gasteiger partial charge is 0.480 e. The van der Waals surface area contributed by atoms with Gasteiger partial charge in [0.1, 0.15) is 6.61 Å². The zero-order chi connectivity index (χ0) is 10.9. The van der Waals surface area contributed by atoms with Crippen LogP contribution in [0.25, 0.3) is 0 Å². The summed E-state index contributed by atoms with van der Waals surface area (Å²) in [6, 6.07) is 0. The second kappa shape index (κ2) is 7.58. The highest BCUT2D eigenvalue weighted by Crippen LogP contribution is 2.07. The molecule has 0 atom stereocenters. The summed E-state index contributed by atoms with van der Waals surface area (Å²) in [5.41, 5.74) is 0. The smallest absolute Gasteiger partial charge is 0.329 e. The maximum Gasteiger partial charge on any atom is 0.329 e. The van der Waals surface area contributed by atoms with Gasteiger partial charge in [0.15, 0.2) is 6.29 Å². The van der Waals surface area contributed by atoms with Gasteiger partial charge in [0.25, 0.3) is 0 Å². The van der Waals surface area contributed by atoms with Crippen LogP contribution >= 0.6 is 0 Å². The van der Waals surface area contributed by atoms with Gasteiger partial charge < -0.3 is 24.1 Å². The molecule has 1 N–H and O–H groups in total. The van der Waals surface area contributed by atoms with Crippen LogP contribution in [-0.4, -0.2) is 57.0 Å². The SMILES string of the molecule is O=C(O)COCCOCCC1OCCO1. The highest BCUT2D eigenvalue weighted by molar-refractivity contribution is 5.67. The van der Waals surface area contributed by atoms with Crippen molar-refractivity contribution in [3.05, 3.63) is 0 Å². The summed E-state index contributed by atoms with van der Waals surface area (Å²) in [4.78, 5) is 10.1. The second-order valence-corrected chi connectivity index (χ2v) is 3.02. The van der Waals surface area contributed by atoms with E-state index in [1.54, 1.807) is 0 Å². The van der Waals surface area contributed by atoms with Crippen LogP contribution in [0.1, 0.15) is 6.42 Å². The molecule has 0 radical (unpaired) electrons. The van der Waals surface area contributed by atoms with Crippen molar-refractivity contribution in [2.24, 2.45) is 0 Å². The lowest BCUT2D eigenvalue weighted by molar-refractivity contribution is -0.142. The lowest BCUT2D eigenvalue weighted by Gasteiger charge is -2.08. The molecule has 0 aromatic rings. The minimum atomic E-state index is -0.970. The fourth-order valence-corrected chi connectivity index (χ4v) is 1.13. The molecular weight excluding hydrogens is 204 g/mol. The molecule has 1 aliphatic heterocycles. The lowest BCUT2D eigenvalue weighted by atomic mass is 10.4. The molecule has 6 heteroatoms. The molecule has 6 nitrogen and oxygen atoms in total. The molecule has 0 amide bonds. The van der Waals surface area contributed by atoms with Crippen molar-refractivity contribution in [3.63, 3.8) is 0 Å². The van der Waals surface area contributed by atoms with Crippen LogP contribution in [-0.2, 0) is 23.7 Å². The fraction of sp³-hybridized carbons (Fsp3) is 0.889. The van der Waals surface area contributed by atoms with Crippen LogP contribution in [0.3, 0.4) is 0 Å². The van der Waals surface area contributed by atoms with Crippen LogP contribution in [0, 0.1) is 0 Å². The van der Waals surface area contributed by atoms with E-state index in [-0.39, 0.29) is 12.9 Å². The first-order chi connectivity index (χ1) is 7.29. The first-order valence-electron chi connectivity index (χ1n) is 4.89. The van der Waals surface area contributed by atoms with Gasteiger partial charge in [-0.25, -0.2) is 4.79 Å². The van der Waals surface area contributed by atoms with Gasteiger partial charge in [0, 0.05) is 6.42 Å². The summed E-state index contributed by atoms with van der Waals surface area (Å²) < 4.78 is 20.4. The Balaban J connectivity index is 1.78. The molecule has 0 aromatic heterocycles. The van der Waals surface area contributed by atoms with Gasteiger partial charge in [-0.05, 0) is 0 Å². The number of carbonyl (C=O) groups is 1. The minimum absolute atomic E-state index is 0.148. The Bertz CT molecular complexity index is 177. The summed E-state index contributed by atoms with van der Waals surface area (Å²) in [5.74, 6) is -0.970. The standard InChI is InChI=1S/C9H16O6/c10-8(11)7-13-4-3-12-2-1-9-14-5-6-15-9/h9H,1-7H2,(H,10,11). The molecule has 1 fully saturated rings. The molecule has 1 aliphatic rings. The number of hydrogen-bond acceptors (Lipinski definition) is 5. The minimum Gasteiger partial charge on any atom is -0.480 e. The average molecular weight is 220 g/mol. The van der Waals surface area contributed by atoms with Gasteiger partial charge in [-0.2, -0.15) is 0 Å². The molecule has 0 aliphatic carbocycles. The number of aliphatic carboxylic acids is 1. The van der Waals surface area contributed by atoms with Crippen LogP contribution in [0.2, 0.25) is 0 Å². The summed E-state index contributed by atoms with van der Waals surface area (Å²) in [6.45, 7) is 2.22. The molecule has 1 saturated heterocycles. The van der Waals surface area contributed by atoms with E-state index in [1.807, 2.05) is 0 Å². The Morgan fingerprint density at radius 3 is 2.53 bits per heavy atom. The predicted octanol–water partition coefficient (Wildman–Crippen LogP) is -0.133. The number of carboxylic acid groups (broad SMARTS) is 1. The van der Waals surface area contributed by atoms with Crippen molar-refractivity contribution in [1.29, 1.82) is 0 Å². The van der Waals surface area contributed by atoms with E-state index in [9.17, 15) is 4.79 Å². The third kappa shape index (κ3) is 6.40. The summed E-state index contributed by atoms with van der Waals surface area (Å²) in [7, 11) is 0. The Hall–Kier alpha value is -0.690. The quantitative estimate of drug-likeness (QED) is 0.574. The fourth-order valence-electron chi connectivity index (χ4n) is 1.13. The normalized spacial score (nSPS) is 17.1. The Morgan fingerprint density at radius 1 is 1.20 bits per heavy atom. The molecule has 0 saturated carbocycles. The van der Waals surface area contributed by atoms with Crippen LogP contribution < -0.4 is 0 Å². The number of ether oxygens (including phenoxy) is 4. The van der Waals surface area contributed by atoms with E-state index in [4.69, 9.17) is 24.1 Å². The number of hydrogen-bond donors (Lipinski definition) is 1. The first kappa shape index (κ1) is 12.4. The molecule has 15 heavy (non-hydrogen) atoms. The predicted molar refractivity (Wildman–Crippen MR) is 49.6 cm³/mol. The molecule has 0 aromatic carbocycles. The van der Waals surface area contributed by atoms with Gasteiger partial charge in [0.2, 0.25) is 0 Å². The molecule has 1 heterocycles. The molecule has 0 unspecified atom stereocenters. The van der Waals surface area contributed by atoms with E-state index >= 15 is 0 Å². The number of carboxylic acids is 1. The molecule has 0 bridgehead atoms. The van der Waals surface area contributed by atoms with Gasteiger partial charge in [-0.1, -0.05) is 0 Å². The van der Waals surface area contributed by atoms with Crippen molar-refractivity contribution >= 4 is 5.97 Å². The monoisotopic (exact) mass is 220 g/mol. The average Bonchev–Trinajstić information content (AvgIpc) is 2.68. The Morgan fingerprint density at radius 2 is 1.87 bits per heavy atom. The van der Waals surface area contributed by atoms with E-state index in [0.717, 1.165) is 0 Å². The highest BCUT2D eigenvalue weighted by Gasteiger charge is 2.14. The van der Waals surface area contributed by atoms with E-state index < -0.39 is 5.97 Å². The van der Waals surface area contributed by atoms with Crippen LogP contribution in [0.4, 0.5) is 0 Å². The third-order valence-corrected chi connectivity index (χ3v) is 1.79. The first-order valence-corrected chi connectivity index (χ1v) is 4.89. The molecular formula is C9H16O6. The maximum atomic E-state index is 10.1. The van der Waals surface area contributed by atoms with Crippen molar-refractivity contribution in [1.82, 2.24) is 0 Å². The molecule has 88 valence electrons. The summed E-state index contributed by atoms with van der Waals surface area (Å²) in [5, 5.41) is 8.26. The maximum absolute atomic E-state index is 10.1. The van der Waals surface area contributed by atoms with Crippen LogP contribution in [0.15, 0.2) is 0 Å². The van der Waals surface area contributed by atoms with Crippen molar-refractivity contribution in [2.75, 3.05) is 39.6 Å². The van der Waals surface area contributed by atoms with Gasteiger partial charge >= 0.3 is 5.97 Å². The van der Waals surface area contributed by atoms with Crippen LogP contribution in [0.5, 0.6) is 0 Å². The molecule has 0 spiro atoms. The van der Waals surface area contributed by atoms with Crippen molar-refractivity contribution < 1.29 is 28.8 Å².